The normalized spacial score (nSPS) is 10.5. The minimum Gasteiger partial charge on any atom is -0.484 e. The van der Waals surface area contributed by atoms with Gasteiger partial charge in [0.2, 0.25) is 0 Å². The van der Waals surface area contributed by atoms with Crippen molar-refractivity contribution in [3.8, 4) is 27.6 Å². The van der Waals surface area contributed by atoms with E-state index in [9.17, 15) is 4.79 Å². The highest BCUT2D eigenvalue weighted by atomic mass is 35.5. The lowest BCUT2D eigenvalue weighted by atomic mass is 10.1. The molecule has 0 spiro atoms. The third-order valence-electron chi connectivity index (χ3n) is 4.08. The summed E-state index contributed by atoms with van der Waals surface area (Å²) in [6.45, 7) is -0.0786. The molecule has 0 saturated heterocycles. The highest BCUT2D eigenvalue weighted by molar-refractivity contribution is 7.13. The summed E-state index contributed by atoms with van der Waals surface area (Å²) in [5.74, 6) is 0.356. The molecule has 2 aromatic heterocycles. The Morgan fingerprint density at radius 1 is 0.966 bits per heavy atom. The number of hydrogen-bond acceptors (Lipinski definition) is 5. The largest absolute Gasteiger partial charge is 0.484 e. The second kappa shape index (κ2) is 8.86. The van der Waals surface area contributed by atoms with Gasteiger partial charge in [-0.25, -0.2) is 4.98 Å². The number of aromatic nitrogens is 2. The van der Waals surface area contributed by atoms with Gasteiger partial charge in [-0.2, -0.15) is 0 Å². The second-order valence-electron chi connectivity index (χ2n) is 6.14. The van der Waals surface area contributed by atoms with Crippen LogP contribution in [0.3, 0.4) is 0 Å². The first-order valence-corrected chi connectivity index (χ1v) is 10.1. The van der Waals surface area contributed by atoms with Crippen molar-refractivity contribution in [2.45, 2.75) is 0 Å². The first-order valence-electron chi connectivity index (χ1n) is 8.82. The van der Waals surface area contributed by atoms with Crippen LogP contribution < -0.4 is 10.1 Å². The van der Waals surface area contributed by atoms with Crippen LogP contribution in [0.2, 0.25) is 5.02 Å². The van der Waals surface area contributed by atoms with E-state index in [1.807, 2.05) is 41.8 Å². The fraction of sp³-hybridized carbons (Fsp3) is 0.0455. The van der Waals surface area contributed by atoms with Gasteiger partial charge in [-0.15, -0.1) is 11.3 Å². The smallest absolute Gasteiger partial charge is 0.262 e. The molecule has 1 N–H and O–H groups in total. The molecule has 0 aliphatic carbocycles. The molecule has 7 heteroatoms. The average molecular weight is 422 g/mol. The van der Waals surface area contributed by atoms with E-state index in [4.69, 9.17) is 16.3 Å². The Bertz CT molecular complexity index is 1100. The molecule has 0 fully saturated rings. The van der Waals surface area contributed by atoms with Gasteiger partial charge in [0, 0.05) is 39.6 Å². The van der Waals surface area contributed by atoms with E-state index in [0.717, 1.165) is 21.8 Å². The topological polar surface area (TPSA) is 64.1 Å². The van der Waals surface area contributed by atoms with Crippen molar-refractivity contribution in [1.29, 1.82) is 0 Å². The molecule has 0 saturated carbocycles. The molecule has 2 aromatic carbocycles. The van der Waals surface area contributed by atoms with Crippen LogP contribution in [-0.2, 0) is 4.79 Å². The molecule has 0 bridgehead atoms. The van der Waals surface area contributed by atoms with Crippen molar-refractivity contribution >= 4 is 34.5 Å². The van der Waals surface area contributed by atoms with Gasteiger partial charge in [0.1, 0.15) is 10.8 Å². The monoisotopic (exact) mass is 421 g/mol. The predicted octanol–water partition coefficient (Wildman–Crippen LogP) is 5.54. The van der Waals surface area contributed by atoms with E-state index in [2.05, 4.69) is 15.3 Å². The van der Waals surface area contributed by atoms with Crippen molar-refractivity contribution < 1.29 is 9.53 Å². The number of thiazole rings is 1. The maximum Gasteiger partial charge on any atom is 0.262 e. The SMILES string of the molecule is O=C(COc1ccc(Cl)cc1)Nc1ccc(-c2csc(-c3ccncc3)n2)cc1. The fourth-order valence-corrected chi connectivity index (χ4v) is 3.60. The van der Waals surface area contributed by atoms with Crippen LogP contribution in [0.25, 0.3) is 21.8 Å². The molecule has 4 rings (SSSR count). The van der Waals surface area contributed by atoms with Crippen molar-refractivity contribution in [1.82, 2.24) is 9.97 Å². The summed E-state index contributed by atoms with van der Waals surface area (Å²) in [7, 11) is 0. The van der Waals surface area contributed by atoms with E-state index < -0.39 is 0 Å². The summed E-state index contributed by atoms with van der Waals surface area (Å²) in [5.41, 5.74) is 3.62. The zero-order chi connectivity index (χ0) is 20.1. The molecule has 1 amide bonds. The Labute approximate surface area is 177 Å². The number of nitrogens with zero attached hydrogens (tertiary/aromatic N) is 2. The first-order chi connectivity index (χ1) is 14.2. The molecule has 4 aromatic rings. The van der Waals surface area contributed by atoms with Gasteiger partial charge in [0.25, 0.3) is 5.91 Å². The number of halogens is 1. The van der Waals surface area contributed by atoms with Crippen LogP contribution in [0.1, 0.15) is 0 Å². The third kappa shape index (κ3) is 4.99. The number of rotatable bonds is 6. The minimum absolute atomic E-state index is 0.0786. The van der Waals surface area contributed by atoms with Crippen LogP contribution >= 0.6 is 22.9 Å². The van der Waals surface area contributed by atoms with Crippen LogP contribution in [0.15, 0.2) is 78.4 Å². The Hall–Kier alpha value is -3.22. The maximum absolute atomic E-state index is 12.1. The third-order valence-corrected chi connectivity index (χ3v) is 5.22. The predicted molar refractivity (Wildman–Crippen MR) is 116 cm³/mol. The van der Waals surface area contributed by atoms with Gasteiger partial charge in [0.05, 0.1) is 5.69 Å². The lowest BCUT2D eigenvalue weighted by Gasteiger charge is -2.08. The second-order valence-corrected chi connectivity index (χ2v) is 7.44. The highest BCUT2D eigenvalue weighted by Gasteiger charge is 2.08. The maximum atomic E-state index is 12.1. The Morgan fingerprint density at radius 3 is 2.41 bits per heavy atom. The molecule has 0 aliphatic heterocycles. The number of anilines is 1. The van der Waals surface area contributed by atoms with Gasteiger partial charge < -0.3 is 10.1 Å². The van der Waals surface area contributed by atoms with Crippen molar-refractivity contribution in [3.63, 3.8) is 0 Å². The number of carbonyl (C=O) groups is 1. The van der Waals surface area contributed by atoms with Gasteiger partial charge in [-0.3, -0.25) is 9.78 Å². The van der Waals surface area contributed by atoms with Gasteiger partial charge >= 0.3 is 0 Å². The highest BCUT2D eigenvalue weighted by Crippen LogP contribution is 2.29. The van der Waals surface area contributed by atoms with E-state index >= 15 is 0 Å². The summed E-state index contributed by atoms with van der Waals surface area (Å²) in [6, 6.07) is 18.3. The molecule has 2 heterocycles. The molecular formula is C22H16ClN3O2S. The number of nitrogens with one attached hydrogen (secondary N) is 1. The van der Waals surface area contributed by atoms with Crippen LogP contribution in [-0.4, -0.2) is 22.5 Å². The summed E-state index contributed by atoms with van der Waals surface area (Å²) in [4.78, 5) is 20.8. The van der Waals surface area contributed by atoms with Gasteiger partial charge in [-0.1, -0.05) is 23.7 Å². The molecule has 144 valence electrons. The van der Waals surface area contributed by atoms with Crippen LogP contribution in [0.5, 0.6) is 5.75 Å². The van der Waals surface area contributed by atoms with Crippen LogP contribution in [0, 0.1) is 0 Å². The van der Waals surface area contributed by atoms with Gasteiger partial charge in [-0.05, 0) is 48.5 Å². The summed E-state index contributed by atoms with van der Waals surface area (Å²) in [6.07, 6.45) is 3.51. The molecule has 29 heavy (non-hydrogen) atoms. The van der Waals surface area contributed by atoms with Crippen molar-refractivity contribution in [2.75, 3.05) is 11.9 Å². The number of ether oxygens (including phenoxy) is 1. The fourth-order valence-electron chi connectivity index (χ4n) is 2.63. The molecular weight excluding hydrogens is 406 g/mol. The minimum atomic E-state index is -0.235. The zero-order valence-electron chi connectivity index (χ0n) is 15.2. The van der Waals surface area contributed by atoms with Crippen molar-refractivity contribution in [3.05, 3.63) is 83.5 Å². The first kappa shape index (κ1) is 19.1. The number of benzene rings is 2. The Kier molecular flexibility index (Phi) is 5.84. The van der Waals surface area contributed by atoms with E-state index in [0.29, 0.717) is 16.5 Å². The van der Waals surface area contributed by atoms with Crippen LogP contribution in [0.4, 0.5) is 5.69 Å². The van der Waals surface area contributed by atoms with Gasteiger partial charge in [0.15, 0.2) is 6.61 Å². The number of pyridine rings is 1. The molecule has 5 nitrogen and oxygen atoms in total. The lowest BCUT2D eigenvalue weighted by Crippen LogP contribution is -2.20. The number of hydrogen-bond donors (Lipinski definition) is 1. The van der Waals surface area contributed by atoms with E-state index in [1.165, 1.54) is 0 Å². The Morgan fingerprint density at radius 2 is 1.69 bits per heavy atom. The quantitative estimate of drug-likeness (QED) is 0.443. The van der Waals surface area contributed by atoms with Crippen molar-refractivity contribution in [2.24, 2.45) is 0 Å². The molecule has 0 aliphatic rings. The summed E-state index contributed by atoms with van der Waals surface area (Å²) >= 11 is 7.41. The summed E-state index contributed by atoms with van der Waals surface area (Å²) in [5, 5.41) is 6.40. The van der Waals surface area contributed by atoms with E-state index in [-0.39, 0.29) is 12.5 Å². The average Bonchev–Trinajstić information content (AvgIpc) is 3.25. The molecule has 0 unspecified atom stereocenters. The zero-order valence-corrected chi connectivity index (χ0v) is 16.8. The Balaban J connectivity index is 1.36. The lowest BCUT2D eigenvalue weighted by molar-refractivity contribution is -0.118. The summed E-state index contributed by atoms with van der Waals surface area (Å²) < 4.78 is 5.45. The van der Waals surface area contributed by atoms with E-state index in [1.54, 1.807) is 48.0 Å². The number of carbonyl (C=O) groups excluding carboxylic acids is 1. The molecule has 0 radical (unpaired) electrons. The molecule has 0 atom stereocenters. The number of amides is 1. The standard InChI is InChI=1S/C22H16ClN3O2S/c23-17-3-7-19(8-4-17)28-13-21(27)25-18-5-1-15(2-6-18)20-14-29-22(26-20)16-9-11-24-12-10-16/h1-12,14H,13H2,(H,25,27).